The minimum absolute atomic E-state index is 0.0169. The number of aliphatic carboxylic acids is 1. The average Bonchev–Trinajstić information content (AvgIpc) is 3.47. The molecule has 4 aliphatic rings. The molecule has 4 amide bonds. The molecule has 252 valence electrons. The van der Waals surface area contributed by atoms with Crippen LogP contribution < -0.4 is 9.64 Å². The molecular weight excluding hydrogens is 648 g/mol. The van der Waals surface area contributed by atoms with Crippen LogP contribution in [0.25, 0.3) is 0 Å². The number of hydrogen-bond acceptors (Lipinski definition) is 7. The molecule has 3 aromatic rings. The summed E-state index contributed by atoms with van der Waals surface area (Å²) >= 11 is 6.36. The molecule has 3 fully saturated rings. The van der Waals surface area contributed by atoms with E-state index in [2.05, 4.69) is 0 Å². The number of imide groups is 2. The van der Waals surface area contributed by atoms with Crippen molar-refractivity contribution in [3.63, 3.8) is 0 Å². The first-order chi connectivity index (χ1) is 23.6. The Kier molecular flexibility index (Phi) is 8.30. The molecule has 0 spiro atoms. The molecule has 6 atom stereocenters. The lowest BCUT2D eigenvalue weighted by atomic mass is 9.49. The molecule has 11 heteroatoms. The maximum atomic E-state index is 15.3. The number of carboxylic acid groups (broad SMARTS) is 1. The number of amides is 4. The fourth-order valence-corrected chi connectivity index (χ4v) is 8.99. The number of phenols is 1. The fourth-order valence-electron chi connectivity index (χ4n) is 8.81. The topological polar surface area (TPSA) is 142 Å². The molecule has 2 aliphatic heterocycles. The number of anilines is 1. The van der Waals surface area contributed by atoms with Gasteiger partial charge in [-0.1, -0.05) is 71.8 Å². The molecule has 2 aliphatic carbocycles. The average molecular weight is 683 g/mol. The van der Waals surface area contributed by atoms with Gasteiger partial charge in [-0.3, -0.25) is 28.9 Å². The molecule has 7 rings (SSSR count). The summed E-state index contributed by atoms with van der Waals surface area (Å²) < 4.78 is 5.78. The molecule has 1 saturated carbocycles. The largest absolute Gasteiger partial charge is 0.504 e. The van der Waals surface area contributed by atoms with Crippen LogP contribution >= 0.6 is 11.6 Å². The predicted octanol–water partition coefficient (Wildman–Crippen LogP) is 5.47. The fraction of sp³-hybridized carbons (Fsp3) is 0.342. The number of ether oxygens (including phenoxy) is 1. The van der Waals surface area contributed by atoms with Gasteiger partial charge < -0.3 is 14.9 Å². The first-order valence-electron chi connectivity index (χ1n) is 16.5. The second kappa shape index (κ2) is 12.5. The predicted molar refractivity (Wildman–Crippen MR) is 179 cm³/mol. The highest BCUT2D eigenvalue weighted by Gasteiger charge is 2.70. The third-order valence-electron chi connectivity index (χ3n) is 10.7. The minimum atomic E-state index is -1.54. The summed E-state index contributed by atoms with van der Waals surface area (Å²) in [5.74, 6) is -6.67. The molecule has 0 bridgehead atoms. The highest BCUT2D eigenvalue weighted by molar-refractivity contribution is 6.32. The van der Waals surface area contributed by atoms with Gasteiger partial charge in [0.25, 0.3) is 0 Å². The smallest absolute Gasteiger partial charge is 0.303 e. The lowest BCUT2D eigenvalue weighted by molar-refractivity contribution is -0.142. The number of allylic oxidation sites excluding steroid dienone is 2. The third kappa shape index (κ3) is 4.95. The molecule has 0 radical (unpaired) electrons. The SMILES string of the molecule is CCOc1cccc([C@H]2C3=CC[C@@H]4C(=O)N(CCCC(=O)O)C(=O)[C@@H]4[C@@H]3C[C@H]3C(=O)N(c4cccc(Cl)c4)C(=O)[C@@]23c2ccccc2)c1O. The summed E-state index contributed by atoms with van der Waals surface area (Å²) in [4.78, 5) is 71.4. The van der Waals surface area contributed by atoms with Crippen LogP contribution in [-0.4, -0.2) is 57.9 Å². The van der Waals surface area contributed by atoms with Gasteiger partial charge in [0, 0.05) is 29.5 Å². The number of aromatic hydroxyl groups is 1. The van der Waals surface area contributed by atoms with Gasteiger partial charge in [0.1, 0.15) is 0 Å². The van der Waals surface area contributed by atoms with E-state index in [0.29, 0.717) is 27.4 Å². The van der Waals surface area contributed by atoms with Crippen molar-refractivity contribution in [2.24, 2.45) is 23.7 Å². The first kappa shape index (κ1) is 32.6. The van der Waals surface area contributed by atoms with E-state index in [1.165, 1.54) is 4.90 Å². The van der Waals surface area contributed by atoms with Crippen LogP contribution in [-0.2, 0) is 29.4 Å². The van der Waals surface area contributed by atoms with Crippen LogP contribution in [0.3, 0.4) is 0 Å². The van der Waals surface area contributed by atoms with Crippen molar-refractivity contribution < 1.29 is 38.9 Å². The third-order valence-corrected chi connectivity index (χ3v) is 10.9. The van der Waals surface area contributed by atoms with Crippen LogP contribution in [0.15, 0.2) is 84.4 Å². The maximum absolute atomic E-state index is 15.3. The van der Waals surface area contributed by atoms with Crippen molar-refractivity contribution >= 4 is 46.9 Å². The molecule has 10 nitrogen and oxygen atoms in total. The number of para-hydroxylation sites is 1. The van der Waals surface area contributed by atoms with E-state index in [4.69, 9.17) is 21.4 Å². The number of carbonyl (C=O) groups is 5. The van der Waals surface area contributed by atoms with Gasteiger partial charge in [-0.15, -0.1) is 0 Å². The zero-order valence-electron chi connectivity index (χ0n) is 26.8. The summed E-state index contributed by atoms with van der Waals surface area (Å²) in [6.07, 6.45) is 2.17. The van der Waals surface area contributed by atoms with E-state index in [1.807, 2.05) is 24.3 Å². The molecule has 2 saturated heterocycles. The monoisotopic (exact) mass is 682 g/mol. The van der Waals surface area contributed by atoms with E-state index in [1.54, 1.807) is 61.5 Å². The second-order valence-electron chi connectivity index (χ2n) is 13.0. The maximum Gasteiger partial charge on any atom is 0.303 e. The Bertz CT molecular complexity index is 1910. The summed E-state index contributed by atoms with van der Waals surface area (Å²) in [5.41, 5.74) is 0.432. The minimum Gasteiger partial charge on any atom is -0.504 e. The van der Waals surface area contributed by atoms with Gasteiger partial charge in [-0.25, -0.2) is 4.90 Å². The van der Waals surface area contributed by atoms with Crippen LogP contribution in [0, 0.1) is 23.7 Å². The van der Waals surface area contributed by atoms with Gasteiger partial charge in [-0.05, 0) is 61.9 Å². The Morgan fingerprint density at radius 1 is 0.959 bits per heavy atom. The number of halogens is 1. The number of phenolic OH excluding ortho intramolecular Hbond substituents is 1. The number of nitrogens with zero attached hydrogens (tertiary/aromatic N) is 2. The van der Waals surface area contributed by atoms with Crippen molar-refractivity contribution in [1.82, 2.24) is 4.90 Å². The van der Waals surface area contributed by atoms with E-state index in [9.17, 15) is 24.3 Å². The zero-order chi connectivity index (χ0) is 34.6. The van der Waals surface area contributed by atoms with E-state index in [0.717, 1.165) is 4.90 Å². The Labute approximate surface area is 287 Å². The van der Waals surface area contributed by atoms with Crippen molar-refractivity contribution in [1.29, 1.82) is 0 Å². The Morgan fingerprint density at radius 2 is 1.71 bits per heavy atom. The van der Waals surface area contributed by atoms with Gasteiger partial charge in [0.05, 0.1) is 35.5 Å². The van der Waals surface area contributed by atoms with E-state index in [-0.39, 0.29) is 56.2 Å². The summed E-state index contributed by atoms with van der Waals surface area (Å²) in [6.45, 7) is 2.05. The number of carboxylic acids is 1. The first-order valence-corrected chi connectivity index (χ1v) is 16.9. The van der Waals surface area contributed by atoms with Crippen molar-refractivity contribution in [2.75, 3.05) is 18.1 Å². The van der Waals surface area contributed by atoms with Crippen LogP contribution in [0.5, 0.6) is 11.5 Å². The van der Waals surface area contributed by atoms with Crippen molar-refractivity contribution in [3.05, 3.63) is 101 Å². The van der Waals surface area contributed by atoms with Gasteiger partial charge in [0.2, 0.25) is 23.6 Å². The lowest BCUT2D eigenvalue weighted by Crippen LogP contribution is -2.53. The molecule has 2 N–H and O–H groups in total. The normalized spacial score (nSPS) is 27.5. The van der Waals surface area contributed by atoms with Gasteiger partial charge in [-0.2, -0.15) is 0 Å². The molecule has 2 heterocycles. The Morgan fingerprint density at radius 3 is 2.43 bits per heavy atom. The Hall–Kier alpha value is -4.96. The summed E-state index contributed by atoms with van der Waals surface area (Å²) in [6, 6.07) is 20.7. The number of benzene rings is 3. The van der Waals surface area contributed by atoms with Crippen LogP contribution in [0.1, 0.15) is 49.7 Å². The molecular formula is C38H35ClN2O8. The van der Waals surface area contributed by atoms with Gasteiger partial charge in [0.15, 0.2) is 11.5 Å². The van der Waals surface area contributed by atoms with Crippen molar-refractivity contribution in [3.8, 4) is 11.5 Å². The number of carbonyl (C=O) groups excluding carboxylic acids is 4. The molecule has 49 heavy (non-hydrogen) atoms. The van der Waals surface area contributed by atoms with Crippen LogP contribution in [0.2, 0.25) is 5.02 Å². The second-order valence-corrected chi connectivity index (χ2v) is 13.5. The summed E-state index contributed by atoms with van der Waals surface area (Å²) in [7, 11) is 0. The quantitative estimate of drug-likeness (QED) is 0.224. The lowest BCUT2D eigenvalue weighted by Gasteiger charge is -2.50. The number of hydrogen-bond donors (Lipinski definition) is 2. The van der Waals surface area contributed by atoms with Crippen molar-refractivity contribution in [2.45, 2.75) is 43.9 Å². The summed E-state index contributed by atoms with van der Waals surface area (Å²) in [5, 5.41) is 21.3. The molecule has 3 aromatic carbocycles. The van der Waals surface area contributed by atoms with E-state index < -0.39 is 58.7 Å². The number of fused-ring (bicyclic) bond motifs is 4. The van der Waals surface area contributed by atoms with E-state index >= 15 is 4.79 Å². The van der Waals surface area contributed by atoms with Crippen LogP contribution in [0.4, 0.5) is 5.69 Å². The number of rotatable bonds is 9. The zero-order valence-corrected chi connectivity index (χ0v) is 27.5. The highest BCUT2D eigenvalue weighted by Crippen LogP contribution is 2.65. The Balaban J connectivity index is 1.45. The highest BCUT2D eigenvalue weighted by atomic mass is 35.5. The number of likely N-dealkylation sites (tertiary alicyclic amines) is 1. The molecule has 0 aromatic heterocycles. The van der Waals surface area contributed by atoms with Gasteiger partial charge >= 0.3 is 5.97 Å². The standard InChI is InChI=1S/C38H35ClN2O8/c1-2-49-29-14-7-13-26(33(29)44)32-24-16-17-25-31(36(47)40(34(25)45)18-8-15-30(42)43)27(24)20-28-35(46)41(23-12-6-11-22(39)19-23)37(48)38(28,32)21-9-4-3-5-10-21/h3-7,9-14,16,19,25,27-28,31-32,44H,2,8,15,17-18,20H2,1H3,(H,42,43)/t25-,27+,28-,31-,32+,38+/m0/s1. The molecule has 0 unspecified atom stereocenters.